The molecule has 2 rings (SSSR count). The van der Waals surface area contributed by atoms with E-state index in [9.17, 15) is 5.11 Å². The lowest BCUT2D eigenvalue weighted by Gasteiger charge is -2.29. The van der Waals surface area contributed by atoms with Crippen molar-refractivity contribution in [3.05, 3.63) is 28.3 Å². The van der Waals surface area contributed by atoms with E-state index >= 15 is 0 Å². The molecule has 1 N–H and O–H groups in total. The molecule has 0 saturated heterocycles. The summed E-state index contributed by atoms with van der Waals surface area (Å²) in [5, 5.41) is 18.5. The maximum atomic E-state index is 9.55. The highest BCUT2D eigenvalue weighted by Crippen LogP contribution is 2.41. The van der Waals surface area contributed by atoms with E-state index in [2.05, 4.69) is 6.07 Å². The highest BCUT2D eigenvalue weighted by Gasteiger charge is 2.31. The number of ether oxygens (including phenoxy) is 1. The van der Waals surface area contributed by atoms with Gasteiger partial charge in [0.2, 0.25) is 0 Å². The van der Waals surface area contributed by atoms with E-state index in [1.54, 1.807) is 0 Å². The predicted octanol–water partition coefficient (Wildman–Crippen LogP) is 1.46. The summed E-state index contributed by atoms with van der Waals surface area (Å²) in [5.74, 6) is 0.558. The molecule has 0 bridgehead atoms. The monoisotopic (exact) mass is 189 g/mol. The molecule has 0 aromatic heterocycles. The lowest BCUT2D eigenvalue weighted by molar-refractivity contribution is 0.152. The van der Waals surface area contributed by atoms with Crippen LogP contribution < -0.4 is 4.74 Å². The second kappa shape index (κ2) is 3.00. The van der Waals surface area contributed by atoms with Crippen LogP contribution in [0, 0.1) is 18.3 Å². The summed E-state index contributed by atoms with van der Waals surface area (Å²) in [4.78, 5) is 0. The largest absolute Gasteiger partial charge is 0.495 e. The molecule has 1 aliphatic rings. The molecule has 3 nitrogen and oxygen atoms in total. The molecule has 0 radical (unpaired) electrons. The summed E-state index contributed by atoms with van der Waals surface area (Å²) in [6.07, 6.45) is 0.160. The number of fused-ring (bicyclic) bond motifs is 1. The van der Waals surface area contributed by atoms with Crippen molar-refractivity contribution in [2.24, 2.45) is 0 Å². The van der Waals surface area contributed by atoms with Crippen LogP contribution in [0.3, 0.4) is 0 Å². The smallest absolute Gasteiger partial charge is 0.137 e. The van der Waals surface area contributed by atoms with E-state index < -0.39 is 6.10 Å². The molecule has 0 spiro atoms. The number of benzene rings is 1. The van der Waals surface area contributed by atoms with Crippen LogP contribution in [0.25, 0.3) is 0 Å². The normalized spacial score (nSPS) is 18.0. The number of hydrogen-bond acceptors (Lipinski definition) is 3. The first-order valence-electron chi connectivity index (χ1n) is 4.47. The van der Waals surface area contributed by atoms with Crippen LogP contribution in [0.2, 0.25) is 0 Å². The number of methoxy groups -OCH3 is 1. The van der Waals surface area contributed by atoms with Crippen LogP contribution in [0.4, 0.5) is 0 Å². The number of nitriles is 1. The molecule has 1 unspecified atom stereocenters. The van der Waals surface area contributed by atoms with Gasteiger partial charge in [0.05, 0.1) is 13.2 Å². The lowest BCUT2D eigenvalue weighted by Crippen LogP contribution is -2.20. The zero-order valence-corrected chi connectivity index (χ0v) is 8.16. The summed E-state index contributed by atoms with van der Waals surface area (Å²) in [6, 6.07) is 3.93. The molecule has 1 aromatic carbocycles. The molecule has 0 fully saturated rings. The zero-order chi connectivity index (χ0) is 10.3. The van der Waals surface area contributed by atoms with Crippen molar-refractivity contribution in [2.75, 3.05) is 7.11 Å². The minimum Gasteiger partial charge on any atom is -0.495 e. The van der Waals surface area contributed by atoms with Gasteiger partial charge in [-0.1, -0.05) is 0 Å². The summed E-state index contributed by atoms with van der Waals surface area (Å²) in [6.45, 7) is 1.97. The summed E-state index contributed by atoms with van der Waals surface area (Å²) in [5.41, 5.74) is 3.41. The average molecular weight is 189 g/mol. The summed E-state index contributed by atoms with van der Waals surface area (Å²) in [7, 11) is 1.53. The number of nitrogens with zero attached hydrogens (tertiary/aromatic N) is 1. The molecule has 3 heteroatoms. The lowest BCUT2D eigenvalue weighted by atomic mass is 9.79. The first kappa shape index (κ1) is 9.04. The van der Waals surface area contributed by atoms with Gasteiger partial charge in [-0.15, -0.1) is 0 Å². The van der Waals surface area contributed by atoms with E-state index in [0.717, 1.165) is 16.7 Å². The second-order valence-corrected chi connectivity index (χ2v) is 3.49. The maximum Gasteiger partial charge on any atom is 0.137 e. The van der Waals surface area contributed by atoms with E-state index in [1.807, 2.05) is 13.0 Å². The Hall–Kier alpha value is -1.53. The second-order valence-electron chi connectivity index (χ2n) is 3.49. The van der Waals surface area contributed by atoms with Crippen LogP contribution in [-0.4, -0.2) is 12.2 Å². The van der Waals surface area contributed by atoms with Crippen molar-refractivity contribution in [2.45, 2.75) is 19.4 Å². The van der Waals surface area contributed by atoms with Gasteiger partial charge in [-0.3, -0.25) is 0 Å². The van der Waals surface area contributed by atoms with Gasteiger partial charge in [0.25, 0.3) is 0 Å². The number of aliphatic hydroxyl groups is 1. The standard InChI is InChI=1S/C11H11NO2/c1-6-3-10(14-2)8(5-12)11-7(6)4-9(11)13/h3,9,13H,4H2,1-2H3. The molecule has 1 atom stereocenters. The molecule has 1 aromatic rings. The number of aryl methyl sites for hydroxylation is 1. The number of rotatable bonds is 1. The number of aliphatic hydroxyl groups excluding tert-OH is 1. The summed E-state index contributed by atoms with van der Waals surface area (Å²) < 4.78 is 5.10. The van der Waals surface area contributed by atoms with E-state index in [1.165, 1.54) is 7.11 Å². The van der Waals surface area contributed by atoms with Gasteiger partial charge in [-0.05, 0) is 24.1 Å². The third-order valence-corrected chi connectivity index (χ3v) is 2.73. The molecule has 0 aliphatic heterocycles. The van der Waals surface area contributed by atoms with Crippen LogP contribution in [0.5, 0.6) is 5.75 Å². The SMILES string of the molecule is COc1cc(C)c2c(c1C#N)C(O)C2. The van der Waals surface area contributed by atoms with Gasteiger partial charge in [0.15, 0.2) is 0 Å². The van der Waals surface area contributed by atoms with Crippen molar-refractivity contribution in [1.82, 2.24) is 0 Å². The predicted molar refractivity (Wildman–Crippen MR) is 51.1 cm³/mol. The van der Waals surface area contributed by atoms with Gasteiger partial charge in [0.1, 0.15) is 17.4 Å². The highest BCUT2D eigenvalue weighted by atomic mass is 16.5. The van der Waals surface area contributed by atoms with Crippen molar-refractivity contribution < 1.29 is 9.84 Å². The minimum absolute atomic E-state index is 0.479. The summed E-state index contributed by atoms with van der Waals surface area (Å²) >= 11 is 0. The Morgan fingerprint density at radius 2 is 2.36 bits per heavy atom. The third kappa shape index (κ3) is 1.01. The van der Waals surface area contributed by atoms with E-state index in [4.69, 9.17) is 10.00 Å². The molecule has 0 heterocycles. The average Bonchev–Trinajstić information content (AvgIpc) is 2.17. The Labute approximate surface area is 82.6 Å². The topological polar surface area (TPSA) is 53.2 Å². The molecule has 1 aliphatic carbocycles. The van der Waals surface area contributed by atoms with Gasteiger partial charge >= 0.3 is 0 Å². The van der Waals surface area contributed by atoms with Crippen LogP contribution in [0.15, 0.2) is 6.07 Å². The molecular weight excluding hydrogens is 178 g/mol. The third-order valence-electron chi connectivity index (χ3n) is 2.73. The van der Waals surface area contributed by atoms with Crippen molar-refractivity contribution in [3.63, 3.8) is 0 Å². The first-order valence-corrected chi connectivity index (χ1v) is 4.47. The molecule has 0 amide bonds. The maximum absolute atomic E-state index is 9.55. The fourth-order valence-electron chi connectivity index (χ4n) is 1.93. The van der Waals surface area contributed by atoms with Gasteiger partial charge in [0, 0.05) is 12.0 Å². The Balaban J connectivity index is 2.69. The molecular formula is C11H11NO2. The molecule has 0 saturated carbocycles. The first-order chi connectivity index (χ1) is 6.69. The zero-order valence-electron chi connectivity index (χ0n) is 8.16. The van der Waals surface area contributed by atoms with E-state index in [-0.39, 0.29) is 0 Å². The number of hydrogen-bond donors (Lipinski definition) is 1. The van der Waals surface area contributed by atoms with E-state index in [0.29, 0.717) is 17.7 Å². The minimum atomic E-state index is -0.492. The van der Waals surface area contributed by atoms with Crippen molar-refractivity contribution in [3.8, 4) is 11.8 Å². The van der Waals surface area contributed by atoms with Gasteiger partial charge in [-0.2, -0.15) is 5.26 Å². The Kier molecular flexibility index (Phi) is 1.94. The fraction of sp³-hybridized carbons (Fsp3) is 0.364. The Bertz CT molecular complexity index is 432. The van der Waals surface area contributed by atoms with Gasteiger partial charge in [-0.25, -0.2) is 0 Å². The molecule has 72 valence electrons. The van der Waals surface area contributed by atoms with Crippen molar-refractivity contribution >= 4 is 0 Å². The quantitative estimate of drug-likeness (QED) is 0.727. The fourth-order valence-corrected chi connectivity index (χ4v) is 1.93. The highest BCUT2D eigenvalue weighted by molar-refractivity contribution is 5.60. The van der Waals surface area contributed by atoms with Crippen LogP contribution in [-0.2, 0) is 6.42 Å². The van der Waals surface area contributed by atoms with Crippen LogP contribution in [0.1, 0.15) is 28.4 Å². The van der Waals surface area contributed by atoms with Gasteiger partial charge < -0.3 is 9.84 Å². The Morgan fingerprint density at radius 1 is 1.64 bits per heavy atom. The van der Waals surface area contributed by atoms with Crippen molar-refractivity contribution in [1.29, 1.82) is 5.26 Å². The molecule has 14 heavy (non-hydrogen) atoms. The Morgan fingerprint density at radius 3 is 2.86 bits per heavy atom. The van der Waals surface area contributed by atoms with Crippen LogP contribution >= 0.6 is 0 Å².